The van der Waals surface area contributed by atoms with Crippen LogP contribution in [0.15, 0.2) is 47.5 Å². The second-order valence-corrected chi connectivity index (χ2v) is 6.70. The molecule has 0 saturated carbocycles. The van der Waals surface area contributed by atoms with Gasteiger partial charge in [0.15, 0.2) is 17.3 Å². The van der Waals surface area contributed by atoms with Gasteiger partial charge in [-0.1, -0.05) is 17.7 Å². The summed E-state index contributed by atoms with van der Waals surface area (Å²) in [4.78, 5) is 16.2. The third kappa shape index (κ3) is 4.04. The van der Waals surface area contributed by atoms with Crippen LogP contribution in [0, 0.1) is 0 Å². The van der Waals surface area contributed by atoms with Crippen LogP contribution in [0.25, 0.3) is 5.82 Å². The molecule has 0 amide bonds. The lowest BCUT2D eigenvalue weighted by molar-refractivity contribution is -0.137. The average Bonchev–Trinajstić information content (AvgIpc) is 2.74. The number of halogens is 4. The third-order valence-corrected chi connectivity index (χ3v) is 4.67. The van der Waals surface area contributed by atoms with Crippen molar-refractivity contribution in [3.05, 3.63) is 69.2 Å². The topological polar surface area (TPSA) is 78.3 Å². The molecule has 7 nitrogen and oxygen atoms in total. The standard InChI is InChI=1S/C19H14ClF3N4O3/c20-17-13(24-8-11-1-3-14-15(7-11)30-6-5-29-14)10-26-27(18(17)28)16-4-2-12(9-25-16)19(21,22)23/h1-4,7,9-10,24H,5-6,8H2. The van der Waals surface area contributed by atoms with E-state index < -0.39 is 17.3 Å². The number of rotatable bonds is 4. The smallest absolute Gasteiger partial charge is 0.417 e. The van der Waals surface area contributed by atoms with Crippen molar-refractivity contribution in [2.45, 2.75) is 12.7 Å². The molecule has 0 atom stereocenters. The highest BCUT2D eigenvalue weighted by atomic mass is 35.5. The summed E-state index contributed by atoms with van der Waals surface area (Å²) in [6, 6.07) is 7.32. The molecule has 0 fully saturated rings. The van der Waals surface area contributed by atoms with Crippen molar-refractivity contribution in [3.8, 4) is 17.3 Å². The minimum Gasteiger partial charge on any atom is -0.486 e. The zero-order valence-electron chi connectivity index (χ0n) is 15.2. The van der Waals surface area contributed by atoms with E-state index in [1.54, 1.807) is 6.07 Å². The fraction of sp³-hybridized carbons (Fsp3) is 0.211. The number of ether oxygens (including phenoxy) is 2. The Morgan fingerprint density at radius 3 is 2.57 bits per heavy atom. The largest absolute Gasteiger partial charge is 0.486 e. The van der Waals surface area contributed by atoms with Crippen LogP contribution in [-0.4, -0.2) is 28.0 Å². The molecule has 1 N–H and O–H groups in total. The summed E-state index contributed by atoms with van der Waals surface area (Å²) in [5.41, 5.74) is -0.497. The summed E-state index contributed by atoms with van der Waals surface area (Å²) in [7, 11) is 0. The molecule has 0 bridgehead atoms. The predicted molar refractivity (Wildman–Crippen MR) is 102 cm³/mol. The van der Waals surface area contributed by atoms with Crippen molar-refractivity contribution >= 4 is 17.3 Å². The van der Waals surface area contributed by atoms with E-state index >= 15 is 0 Å². The second-order valence-electron chi connectivity index (χ2n) is 6.32. The monoisotopic (exact) mass is 438 g/mol. The summed E-state index contributed by atoms with van der Waals surface area (Å²) in [5, 5.41) is 6.80. The Balaban J connectivity index is 1.52. The van der Waals surface area contributed by atoms with Crippen LogP contribution in [0.1, 0.15) is 11.1 Å². The molecule has 156 valence electrons. The lowest BCUT2D eigenvalue weighted by atomic mass is 10.2. The maximum Gasteiger partial charge on any atom is 0.417 e. The molecule has 1 aliphatic rings. The normalized spacial score (nSPS) is 13.2. The molecule has 3 aromatic rings. The highest BCUT2D eigenvalue weighted by Gasteiger charge is 2.30. The summed E-state index contributed by atoms with van der Waals surface area (Å²) in [5.74, 6) is 1.22. The maximum absolute atomic E-state index is 12.7. The van der Waals surface area contributed by atoms with Crippen LogP contribution in [-0.2, 0) is 12.7 Å². The van der Waals surface area contributed by atoms with Gasteiger partial charge in [0, 0.05) is 12.7 Å². The van der Waals surface area contributed by atoms with E-state index in [2.05, 4.69) is 15.4 Å². The number of hydrogen-bond donors (Lipinski definition) is 1. The Kier molecular flexibility index (Phi) is 5.25. The first-order chi connectivity index (χ1) is 14.3. The van der Waals surface area contributed by atoms with Crippen molar-refractivity contribution in [2.24, 2.45) is 0 Å². The number of aromatic nitrogens is 3. The molecule has 0 radical (unpaired) electrons. The number of anilines is 1. The molecule has 0 unspecified atom stereocenters. The highest BCUT2D eigenvalue weighted by Crippen LogP contribution is 2.31. The lowest BCUT2D eigenvalue weighted by Crippen LogP contribution is -2.23. The first kappa shape index (κ1) is 20.0. The van der Waals surface area contributed by atoms with Crippen molar-refractivity contribution in [2.75, 3.05) is 18.5 Å². The fourth-order valence-electron chi connectivity index (χ4n) is 2.79. The second kappa shape index (κ2) is 7.86. The van der Waals surface area contributed by atoms with E-state index in [0.29, 0.717) is 37.5 Å². The summed E-state index contributed by atoms with van der Waals surface area (Å²) in [6.07, 6.45) is -2.59. The number of nitrogens with zero attached hydrogens (tertiary/aromatic N) is 3. The zero-order valence-corrected chi connectivity index (χ0v) is 16.0. The van der Waals surface area contributed by atoms with E-state index in [9.17, 15) is 18.0 Å². The van der Waals surface area contributed by atoms with E-state index in [4.69, 9.17) is 21.1 Å². The lowest BCUT2D eigenvalue weighted by Gasteiger charge is -2.19. The number of hydrogen-bond acceptors (Lipinski definition) is 6. The fourth-order valence-corrected chi connectivity index (χ4v) is 2.99. The molecule has 2 aromatic heterocycles. The summed E-state index contributed by atoms with van der Waals surface area (Å²) < 4.78 is 49.8. The molecule has 3 heterocycles. The van der Waals surface area contributed by atoms with Crippen LogP contribution >= 0.6 is 11.6 Å². The first-order valence-corrected chi connectivity index (χ1v) is 9.14. The van der Waals surface area contributed by atoms with Crippen LogP contribution < -0.4 is 20.3 Å². The number of nitrogens with one attached hydrogen (secondary N) is 1. The van der Waals surface area contributed by atoms with Crippen LogP contribution in [0.4, 0.5) is 18.9 Å². The number of fused-ring (bicyclic) bond motifs is 1. The molecule has 4 rings (SSSR count). The molecule has 11 heteroatoms. The van der Waals surface area contributed by atoms with Gasteiger partial charge < -0.3 is 14.8 Å². The maximum atomic E-state index is 12.7. The molecule has 0 saturated heterocycles. The van der Waals surface area contributed by atoms with Gasteiger partial charge in [-0.25, -0.2) is 4.98 Å². The van der Waals surface area contributed by atoms with Crippen molar-refractivity contribution in [3.63, 3.8) is 0 Å². The van der Waals surface area contributed by atoms with Gasteiger partial charge in [0.2, 0.25) is 0 Å². The van der Waals surface area contributed by atoms with Gasteiger partial charge in [-0.3, -0.25) is 4.79 Å². The van der Waals surface area contributed by atoms with E-state index in [-0.39, 0.29) is 16.5 Å². The van der Waals surface area contributed by atoms with Gasteiger partial charge in [0.25, 0.3) is 5.56 Å². The molecular weight excluding hydrogens is 425 g/mol. The van der Waals surface area contributed by atoms with Gasteiger partial charge in [-0.05, 0) is 29.8 Å². The van der Waals surface area contributed by atoms with E-state index in [1.807, 2.05) is 12.1 Å². The van der Waals surface area contributed by atoms with Gasteiger partial charge in [0.05, 0.1) is 17.4 Å². The molecule has 30 heavy (non-hydrogen) atoms. The Morgan fingerprint density at radius 2 is 1.87 bits per heavy atom. The Labute approximate surface area is 173 Å². The Bertz CT molecular complexity index is 1130. The van der Waals surface area contributed by atoms with Gasteiger partial charge in [-0.15, -0.1) is 0 Å². The van der Waals surface area contributed by atoms with Gasteiger partial charge in [0.1, 0.15) is 18.2 Å². The SMILES string of the molecule is O=c1c(Cl)c(NCc2ccc3c(c2)OCCO3)cnn1-c1ccc(C(F)(F)F)cn1. The number of alkyl halides is 3. The minimum absolute atomic E-state index is 0.0757. The van der Waals surface area contributed by atoms with Gasteiger partial charge in [-0.2, -0.15) is 23.0 Å². The van der Waals surface area contributed by atoms with Gasteiger partial charge >= 0.3 is 6.18 Å². The third-order valence-electron chi connectivity index (χ3n) is 4.30. The van der Waals surface area contributed by atoms with E-state index in [0.717, 1.165) is 22.4 Å². The van der Waals surface area contributed by atoms with Crippen molar-refractivity contribution in [1.82, 2.24) is 14.8 Å². The summed E-state index contributed by atoms with van der Waals surface area (Å²) in [6.45, 7) is 1.30. The molecular formula is C19H14ClF3N4O3. The number of pyridine rings is 1. The average molecular weight is 439 g/mol. The Hall–Kier alpha value is -3.27. The minimum atomic E-state index is -4.52. The van der Waals surface area contributed by atoms with Crippen LogP contribution in [0.5, 0.6) is 11.5 Å². The van der Waals surface area contributed by atoms with Crippen LogP contribution in [0.3, 0.4) is 0 Å². The van der Waals surface area contributed by atoms with Crippen molar-refractivity contribution < 1.29 is 22.6 Å². The quantitative estimate of drug-likeness (QED) is 0.669. The first-order valence-electron chi connectivity index (χ1n) is 8.77. The highest BCUT2D eigenvalue weighted by molar-refractivity contribution is 6.32. The molecule has 0 spiro atoms. The zero-order chi connectivity index (χ0) is 21.3. The molecule has 0 aliphatic carbocycles. The Morgan fingerprint density at radius 1 is 1.10 bits per heavy atom. The van der Waals surface area contributed by atoms with E-state index in [1.165, 1.54) is 6.20 Å². The molecule has 1 aromatic carbocycles. The van der Waals surface area contributed by atoms with Crippen LogP contribution in [0.2, 0.25) is 5.02 Å². The van der Waals surface area contributed by atoms with Crippen molar-refractivity contribution in [1.29, 1.82) is 0 Å². The number of benzene rings is 1. The predicted octanol–water partition coefficient (Wildman–Crippen LogP) is 3.68. The summed E-state index contributed by atoms with van der Waals surface area (Å²) >= 11 is 6.15. The molecule has 1 aliphatic heterocycles.